The molecule has 1 unspecified atom stereocenters. The van der Waals surface area contributed by atoms with Crippen molar-refractivity contribution >= 4 is 29.3 Å². The topological polar surface area (TPSA) is 38.0 Å². The first kappa shape index (κ1) is 17.5. The summed E-state index contributed by atoms with van der Waals surface area (Å²) in [6.45, 7) is 4.73. The Kier molecular flexibility index (Phi) is 4.78. The summed E-state index contributed by atoms with van der Waals surface area (Å²) in [6, 6.07) is 5.46. The Morgan fingerprint density at radius 2 is 2.12 bits per heavy atom. The van der Waals surface area contributed by atoms with Crippen molar-refractivity contribution in [2.75, 3.05) is 0 Å². The van der Waals surface area contributed by atoms with Crippen LogP contribution in [0.3, 0.4) is 0 Å². The maximum Gasteiger partial charge on any atom is 0.109 e. The third-order valence-corrected chi connectivity index (χ3v) is 5.72. The van der Waals surface area contributed by atoms with Gasteiger partial charge in [0.2, 0.25) is 0 Å². The van der Waals surface area contributed by atoms with E-state index in [9.17, 15) is 5.11 Å². The van der Waals surface area contributed by atoms with Crippen LogP contribution in [0.1, 0.15) is 38.7 Å². The van der Waals surface area contributed by atoms with Gasteiger partial charge in [0.15, 0.2) is 0 Å². The lowest BCUT2D eigenvalue weighted by molar-refractivity contribution is -0.0670. The van der Waals surface area contributed by atoms with Crippen molar-refractivity contribution in [3.63, 3.8) is 0 Å². The monoisotopic (exact) mass is 364 g/mol. The number of hydrogen-bond acceptors (Lipinski definition) is 2. The molecule has 1 saturated carbocycles. The molecule has 0 radical (unpaired) electrons. The average Bonchev–Trinajstić information content (AvgIpc) is 2.99. The lowest BCUT2D eigenvalue weighted by Gasteiger charge is -2.48. The molecule has 5 heteroatoms. The Bertz CT molecular complexity index is 753. The number of imidazole rings is 1. The molecule has 1 aromatic carbocycles. The van der Waals surface area contributed by atoms with Gasteiger partial charge in [-0.2, -0.15) is 0 Å². The third-order valence-electron chi connectivity index (χ3n) is 5.16. The van der Waals surface area contributed by atoms with Crippen molar-refractivity contribution < 1.29 is 5.11 Å². The van der Waals surface area contributed by atoms with Gasteiger partial charge >= 0.3 is 0 Å². The van der Waals surface area contributed by atoms with Gasteiger partial charge in [-0.15, -0.1) is 0 Å². The molecule has 0 saturated heterocycles. The van der Waals surface area contributed by atoms with Gasteiger partial charge in [0.25, 0.3) is 0 Å². The van der Waals surface area contributed by atoms with Crippen LogP contribution >= 0.6 is 23.2 Å². The first-order valence-corrected chi connectivity index (χ1v) is 8.92. The van der Waals surface area contributed by atoms with Crippen molar-refractivity contribution in [1.82, 2.24) is 9.55 Å². The van der Waals surface area contributed by atoms with E-state index in [1.165, 1.54) is 0 Å². The minimum Gasteiger partial charge on any atom is -0.383 e. The summed E-state index contributed by atoms with van der Waals surface area (Å²) >= 11 is 12.3. The van der Waals surface area contributed by atoms with E-state index in [0.29, 0.717) is 16.6 Å². The van der Waals surface area contributed by atoms with E-state index >= 15 is 0 Å². The molecule has 3 nitrogen and oxygen atoms in total. The highest BCUT2D eigenvalue weighted by Crippen LogP contribution is 2.48. The summed E-state index contributed by atoms with van der Waals surface area (Å²) in [5.74, 6) is 0. The lowest BCUT2D eigenvalue weighted by atomic mass is 9.62. The fourth-order valence-corrected chi connectivity index (χ4v) is 3.99. The first-order chi connectivity index (χ1) is 11.3. The number of hydrogen-bond donors (Lipinski definition) is 1. The Morgan fingerprint density at radius 1 is 1.33 bits per heavy atom. The molecule has 1 aromatic heterocycles. The molecule has 1 heterocycles. The standard InChI is InChI=1S/C19H22Cl2N2O/c1-18(2)7-3-4-15(10-14-5-6-16(20)11-17(14)21)19(18,24)12-23-9-8-22-13-23/h5-6,8-11,13,24H,3-4,7,12H2,1-2H3/b15-10+. The molecule has 0 bridgehead atoms. The van der Waals surface area contributed by atoms with Gasteiger partial charge in [-0.1, -0.05) is 49.2 Å². The number of nitrogens with zero attached hydrogens (tertiary/aromatic N) is 2. The smallest absolute Gasteiger partial charge is 0.109 e. The van der Waals surface area contributed by atoms with Crippen LogP contribution in [-0.4, -0.2) is 20.3 Å². The van der Waals surface area contributed by atoms with Crippen molar-refractivity contribution in [3.05, 3.63) is 58.1 Å². The van der Waals surface area contributed by atoms with E-state index in [4.69, 9.17) is 23.2 Å². The van der Waals surface area contributed by atoms with Gasteiger partial charge in [-0.3, -0.25) is 0 Å². The number of aliphatic hydroxyl groups is 1. The molecule has 1 atom stereocenters. The summed E-state index contributed by atoms with van der Waals surface area (Å²) in [5.41, 5.74) is 0.712. The van der Waals surface area contributed by atoms with E-state index in [1.54, 1.807) is 18.6 Å². The first-order valence-electron chi connectivity index (χ1n) is 8.16. The third kappa shape index (κ3) is 3.26. The molecule has 1 aliphatic rings. The Morgan fingerprint density at radius 3 is 2.79 bits per heavy atom. The molecule has 2 aromatic rings. The SMILES string of the molecule is CC1(C)CCC/C(=C\c2ccc(Cl)cc2Cl)C1(O)Cn1ccnc1. The molecule has 1 aliphatic carbocycles. The maximum atomic E-state index is 11.7. The van der Waals surface area contributed by atoms with Crippen LogP contribution < -0.4 is 0 Å². The molecule has 128 valence electrons. The van der Waals surface area contributed by atoms with E-state index in [2.05, 4.69) is 18.8 Å². The average molecular weight is 365 g/mol. The van der Waals surface area contributed by atoms with Gasteiger partial charge < -0.3 is 9.67 Å². The highest BCUT2D eigenvalue weighted by molar-refractivity contribution is 6.35. The summed E-state index contributed by atoms with van der Waals surface area (Å²) < 4.78 is 1.93. The molecule has 0 spiro atoms. The van der Waals surface area contributed by atoms with E-state index in [0.717, 1.165) is 30.4 Å². The van der Waals surface area contributed by atoms with Crippen LogP contribution in [0.25, 0.3) is 6.08 Å². The second kappa shape index (κ2) is 6.55. The number of aromatic nitrogens is 2. The summed E-state index contributed by atoms with van der Waals surface area (Å²) in [6.07, 6.45) is 10.3. The van der Waals surface area contributed by atoms with Gasteiger partial charge in [-0.25, -0.2) is 4.98 Å². The summed E-state index contributed by atoms with van der Waals surface area (Å²) in [4.78, 5) is 4.10. The highest BCUT2D eigenvalue weighted by atomic mass is 35.5. The molecule has 0 amide bonds. The number of benzene rings is 1. The zero-order valence-corrected chi connectivity index (χ0v) is 15.5. The lowest BCUT2D eigenvalue weighted by Crippen LogP contribution is -2.51. The summed E-state index contributed by atoms with van der Waals surface area (Å²) in [7, 11) is 0. The molecular weight excluding hydrogens is 343 g/mol. The van der Waals surface area contributed by atoms with Crippen LogP contribution in [0.5, 0.6) is 0 Å². The van der Waals surface area contributed by atoms with Crippen molar-refractivity contribution in [2.24, 2.45) is 5.41 Å². The fourth-order valence-electron chi connectivity index (χ4n) is 3.53. The second-order valence-corrected chi connectivity index (χ2v) is 8.01. The predicted molar refractivity (Wildman–Crippen MR) is 99.2 cm³/mol. The molecular formula is C19H22Cl2N2O. The molecule has 0 aliphatic heterocycles. The highest BCUT2D eigenvalue weighted by Gasteiger charge is 2.48. The zero-order chi connectivity index (χ0) is 17.4. The van der Waals surface area contributed by atoms with Crippen LogP contribution in [0.4, 0.5) is 0 Å². The number of rotatable bonds is 3. The Hall–Kier alpha value is -1.29. The normalized spacial score (nSPS) is 25.1. The van der Waals surface area contributed by atoms with Crippen molar-refractivity contribution in [1.29, 1.82) is 0 Å². The van der Waals surface area contributed by atoms with Gasteiger partial charge in [0.05, 0.1) is 12.9 Å². The maximum absolute atomic E-state index is 11.7. The number of halogens is 2. The van der Waals surface area contributed by atoms with Crippen LogP contribution in [-0.2, 0) is 6.54 Å². The summed E-state index contributed by atoms with van der Waals surface area (Å²) in [5, 5.41) is 12.9. The van der Waals surface area contributed by atoms with E-state index in [-0.39, 0.29) is 5.41 Å². The van der Waals surface area contributed by atoms with Gasteiger partial charge in [0.1, 0.15) is 5.60 Å². The second-order valence-electron chi connectivity index (χ2n) is 7.17. The molecule has 1 N–H and O–H groups in total. The Balaban J connectivity index is 2.04. The quantitative estimate of drug-likeness (QED) is 0.810. The minimum atomic E-state index is -0.949. The van der Waals surface area contributed by atoms with E-state index < -0.39 is 5.60 Å². The van der Waals surface area contributed by atoms with Crippen LogP contribution in [0, 0.1) is 5.41 Å². The van der Waals surface area contributed by atoms with Gasteiger partial charge in [-0.05, 0) is 47.9 Å². The largest absolute Gasteiger partial charge is 0.383 e. The molecule has 1 fully saturated rings. The van der Waals surface area contributed by atoms with Gasteiger partial charge in [0, 0.05) is 22.4 Å². The zero-order valence-electron chi connectivity index (χ0n) is 14.0. The molecule has 3 rings (SSSR count). The van der Waals surface area contributed by atoms with E-state index in [1.807, 2.05) is 29.0 Å². The van der Waals surface area contributed by atoms with Crippen LogP contribution in [0.2, 0.25) is 10.0 Å². The van der Waals surface area contributed by atoms with Crippen molar-refractivity contribution in [3.8, 4) is 0 Å². The molecule has 24 heavy (non-hydrogen) atoms. The predicted octanol–water partition coefficient (Wildman–Crippen LogP) is 5.21. The fraction of sp³-hybridized carbons (Fsp3) is 0.421. The minimum absolute atomic E-state index is 0.236. The van der Waals surface area contributed by atoms with Crippen molar-refractivity contribution in [2.45, 2.75) is 45.3 Å². The Labute approximate surface area is 152 Å². The van der Waals surface area contributed by atoms with Crippen LogP contribution in [0.15, 0.2) is 42.5 Å².